The van der Waals surface area contributed by atoms with E-state index in [1.54, 1.807) is 0 Å². The molecule has 0 spiro atoms. The maximum Gasteiger partial charge on any atom is 0.170 e. The zero-order chi connectivity index (χ0) is 20.5. The molecule has 6 heteroatoms. The Morgan fingerprint density at radius 2 is 2.03 bits per heavy atom. The highest BCUT2D eigenvalue weighted by molar-refractivity contribution is 7.80. The second-order valence-corrected chi connectivity index (χ2v) is 8.66. The van der Waals surface area contributed by atoms with Crippen LogP contribution in [0.15, 0.2) is 59.1 Å². The molecule has 1 saturated heterocycles. The SMILES string of the molecule is Cc1ccc(Cl)cc1-c1ccc(C2C(c3ccccn3)NC(=S)N2CC(C)C)o1. The smallest absolute Gasteiger partial charge is 0.170 e. The van der Waals surface area contributed by atoms with Crippen LogP contribution >= 0.6 is 23.8 Å². The van der Waals surface area contributed by atoms with Gasteiger partial charge in [0.15, 0.2) is 5.11 Å². The molecule has 150 valence electrons. The Morgan fingerprint density at radius 3 is 2.76 bits per heavy atom. The van der Waals surface area contributed by atoms with Crippen molar-refractivity contribution >= 4 is 28.9 Å². The van der Waals surface area contributed by atoms with Gasteiger partial charge in [0.05, 0.1) is 11.7 Å². The zero-order valence-electron chi connectivity index (χ0n) is 16.7. The van der Waals surface area contributed by atoms with E-state index >= 15 is 0 Å². The van der Waals surface area contributed by atoms with Gasteiger partial charge in [0.25, 0.3) is 0 Å². The lowest BCUT2D eigenvalue weighted by Crippen LogP contribution is -2.32. The van der Waals surface area contributed by atoms with Gasteiger partial charge in [-0.15, -0.1) is 0 Å². The number of aromatic nitrogens is 1. The highest BCUT2D eigenvalue weighted by Crippen LogP contribution is 2.41. The first-order valence-electron chi connectivity index (χ1n) is 9.78. The van der Waals surface area contributed by atoms with Crippen molar-refractivity contribution < 1.29 is 4.42 Å². The lowest BCUT2D eigenvalue weighted by atomic mass is 10.0. The largest absolute Gasteiger partial charge is 0.459 e. The average molecular weight is 426 g/mol. The van der Waals surface area contributed by atoms with Crippen molar-refractivity contribution in [3.8, 4) is 11.3 Å². The molecule has 0 aliphatic carbocycles. The molecule has 0 radical (unpaired) electrons. The van der Waals surface area contributed by atoms with Crippen molar-refractivity contribution in [1.29, 1.82) is 0 Å². The van der Waals surface area contributed by atoms with Gasteiger partial charge in [0.2, 0.25) is 0 Å². The van der Waals surface area contributed by atoms with Crippen molar-refractivity contribution in [2.75, 3.05) is 6.54 Å². The van der Waals surface area contributed by atoms with Crippen LogP contribution in [0.1, 0.15) is 42.9 Å². The fourth-order valence-corrected chi connectivity index (χ4v) is 4.31. The van der Waals surface area contributed by atoms with Crippen molar-refractivity contribution in [2.24, 2.45) is 5.92 Å². The minimum absolute atomic E-state index is 0.0620. The van der Waals surface area contributed by atoms with Crippen LogP contribution in [-0.2, 0) is 0 Å². The Balaban J connectivity index is 1.75. The molecule has 0 amide bonds. The van der Waals surface area contributed by atoms with E-state index in [2.05, 4.69) is 36.0 Å². The number of hydrogen-bond acceptors (Lipinski definition) is 3. The highest BCUT2D eigenvalue weighted by atomic mass is 35.5. The molecule has 1 fully saturated rings. The number of thiocarbonyl (C=S) groups is 1. The fourth-order valence-electron chi connectivity index (χ4n) is 3.82. The normalized spacial score (nSPS) is 19.1. The predicted octanol–water partition coefficient (Wildman–Crippen LogP) is 5.93. The topological polar surface area (TPSA) is 41.3 Å². The van der Waals surface area contributed by atoms with Gasteiger partial charge in [-0.25, -0.2) is 0 Å². The van der Waals surface area contributed by atoms with Gasteiger partial charge in [0.1, 0.15) is 17.6 Å². The molecule has 4 rings (SSSR count). The molecule has 2 aromatic heterocycles. The summed E-state index contributed by atoms with van der Waals surface area (Å²) in [5.74, 6) is 2.13. The van der Waals surface area contributed by atoms with E-state index < -0.39 is 0 Å². The van der Waals surface area contributed by atoms with Crippen LogP contribution in [0.4, 0.5) is 0 Å². The fraction of sp³-hybridized carbons (Fsp3) is 0.304. The maximum absolute atomic E-state index is 6.37. The Bertz CT molecular complexity index is 1020. The number of halogens is 1. The molecule has 1 aliphatic heterocycles. The van der Waals surface area contributed by atoms with E-state index in [0.29, 0.717) is 10.9 Å². The third-order valence-electron chi connectivity index (χ3n) is 5.14. The molecular weight excluding hydrogens is 402 g/mol. The first kappa shape index (κ1) is 19.9. The van der Waals surface area contributed by atoms with Gasteiger partial charge in [0, 0.05) is 23.3 Å². The number of aryl methyl sites for hydroxylation is 1. The summed E-state index contributed by atoms with van der Waals surface area (Å²) in [6.45, 7) is 7.28. The standard InChI is InChI=1S/C23H24ClN3OS/c1-14(2)13-27-22(21(26-23(27)29)18-6-4-5-11-25-18)20-10-9-19(28-20)17-12-16(24)8-7-15(17)3/h4-12,14,21-22H,13H2,1-3H3,(H,26,29). The van der Waals surface area contributed by atoms with Gasteiger partial charge in [-0.2, -0.15) is 0 Å². The quantitative estimate of drug-likeness (QED) is 0.513. The molecule has 3 heterocycles. The van der Waals surface area contributed by atoms with E-state index in [4.69, 9.17) is 28.2 Å². The summed E-state index contributed by atoms with van der Waals surface area (Å²) in [7, 11) is 0. The lowest BCUT2D eigenvalue weighted by Gasteiger charge is -2.27. The van der Waals surface area contributed by atoms with Crippen LogP contribution in [0.5, 0.6) is 0 Å². The first-order chi connectivity index (χ1) is 13.9. The summed E-state index contributed by atoms with van der Waals surface area (Å²) in [5, 5.41) is 4.88. The van der Waals surface area contributed by atoms with Crippen LogP contribution < -0.4 is 5.32 Å². The zero-order valence-corrected chi connectivity index (χ0v) is 18.3. The molecule has 1 aliphatic rings. The summed E-state index contributed by atoms with van der Waals surface area (Å²) in [4.78, 5) is 6.78. The molecule has 3 aromatic rings. The molecule has 1 aromatic carbocycles. The Morgan fingerprint density at radius 1 is 1.21 bits per heavy atom. The van der Waals surface area contributed by atoms with E-state index in [1.807, 2.05) is 54.7 Å². The van der Waals surface area contributed by atoms with Gasteiger partial charge in [-0.1, -0.05) is 37.6 Å². The summed E-state index contributed by atoms with van der Waals surface area (Å²) in [5.41, 5.74) is 3.07. The van der Waals surface area contributed by atoms with E-state index in [9.17, 15) is 0 Å². The number of nitrogens with one attached hydrogen (secondary N) is 1. The maximum atomic E-state index is 6.37. The summed E-state index contributed by atoms with van der Waals surface area (Å²) in [6, 6.07) is 15.7. The number of rotatable bonds is 5. The van der Waals surface area contributed by atoms with Crippen LogP contribution in [0.3, 0.4) is 0 Å². The second-order valence-electron chi connectivity index (χ2n) is 7.83. The van der Waals surface area contributed by atoms with Crippen LogP contribution in [0.25, 0.3) is 11.3 Å². The molecule has 1 N–H and O–H groups in total. The molecule has 0 bridgehead atoms. The predicted molar refractivity (Wildman–Crippen MR) is 121 cm³/mol. The van der Waals surface area contributed by atoms with Crippen LogP contribution in [-0.4, -0.2) is 21.5 Å². The minimum Gasteiger partial charge on any atom is -0.459 e. The molecular formula is C23H24ClN3OS. The Hall–Kier alpha value is -2.37. The Kier molecular flexibility index (Phi) is 5.61. The number of hydrogen-bond donors (Lipinski definition) is 1. The van der Waals surface area contributed by atoms with Crippen LogP contribution in [0.2, 0.25) is 5.02 Å². The van der Waals surface area contributed by atoms with Gasteiger partial charge >= 0.3 is 0 Å². The third-order valence-corrected chi connectivity index (χ3v) is 5.73. The minimum atomic E-state index is -0.0677. The van der Waals surface area contributed by atoms with Crippen molar-refractivity contribution in [3.63, 3.8) is 0 Å². The van der Waals surface area contributed by atoms with E-state index in [0.717, 1.165) is 40.0 Å². The van der Waals surface area contributed by atoms with E-state index in [1.165, 1.54) is 0 Å². The van der Waals surface area contributed by atoms with Crippen molar-refractivity contribution in [3.05, 3.63) is 76.8 Å². The number of nitrogens with zero attached hydrogens (tertiary/aromatic N) is 2. The summed E-state index contributed by atoms with van der Waals surface area (Å²) < 4.78 is 6.37. The molecule has 0 saturated carbocycles. The van der Waals surface area contributed by atoms with Gasteiger partial charge in [-0.3, -0.25) is 4.98 Å². The lowest BCUT2D eigenvalue weighted by molar-refractivity contribution is 0.253. The monoisotopic (exact) mass is 425 g/mol. The van der Waals surface area contributed by atoms with Crippen molar-refractivity contribution in [1.82, 2.24) is 15.2 Å². The number of benzene rings is 1. The third kappa shape index (κ3) is 4.02. The molecule has 4 nitrogen and oxygen atoms in total. The first-order valence-corrected chi connectivity index (χ1v) is 10.6. The number of pyridine rings is 1. The number of furan rings is 1. The van der Waals surface area contributed by atoms with E-state index in [-0.39, 0.29) is 12.1 Å². The average Bonchev–Trinajstić information content (AvgIpc) is 3.29. The molecule has 2 atom stereocenters. The second kappa shape index (κ2) is 8.17. The van der Waals surface area contributed by atoms with Crippen LogP contribution in [0, 0.1) is 12.8 Å². The van der Waals surface area contributed by atoms with Gasteiger partial charge < -0.3 is 14.6 Å². The Labute approximate surface area is 181 Å². The summed E-state index contributed by atoms with van der Waals surface area (Å²) in [6.07, 6.45) is 1.81. The molecule has 2 unspecified atom stereocenters. The van der Waals surface area contributed by atoms with Crippen molar-refractivity contribution in [2.45, 2.75) is 32.9 Å². The highest BCUT2D eigenvalue weighted by Gasteiger charge is 2.41. The molecule has 29 heavy (non-hydrogen) atoms. The summed E-state index contributed by atoms with van der Waals surface area (Å²) >= 11 is 11.9. The van der Waals surface area contributed by atoms with Gasteiger partial charge in [-0.05, 0) is 67.0 Å².